The third kappa shape index (κ3) is 5.94. The second kappa shape index (κ2) is 10.9. The minimum atomic E-state index is -0.361. The van der Waals surface area contributed by atoms with Gasteiger partial charge in [0.2, 0.25) is 0 Å². The van der Waals surface area contributed by atoms with Gasteiger partial charge in [0.25, 0.3) is 5.91 Å². The number of carbonyl (C=O) groups is 2. The SMILES string of the molecule is Cc1ccc(C(=O)NC2CC2)cc1-n1ncc(C(=O)C2C=C(OCCN3CCN(C)CC3)C=CC2)c1N. The summed E-state index contributed by atoms with van der Waals surface area (Å²) in [7, 11) is 2.14. The van der Waals surface area contributed by atoms with Crippen LogP contribution in [0.5, 0.6) is 0 Å². The number of nitrogens with two attached hydrogens (primary N) is 1. The topological polar surface area (TPSA) is 106 Å². The number of ether oxygens (including phenoxy) is 1. The number of hydrogen-bond acceptors (Lipinski definition) is 7. The van der Waals surface area contributed by atoms with Crippen molar-refractivity contribution in [1.29, 1.82) is 0 Å². The molecule has 3 N–H and O–H groups in total. The number of Topliss-reactive ketones (excluding diaryl/α,β-unsaturated/α-hetero) is 1. The van der Waals surface area contributed by atoms with Gasteiger partial charge in [-0.25, -0.2) is 4.68 Å². The van der Waals surface area contributed by atoms with Crippen LogP contribution >= 0.6 is 0 Å². The highest BCUT2D eigenvalue weighted by molar-refractivity contribution is 6.03. The third-order valence-corrected chi connectivity index (χ3v) is 7.33. The van der Waals surface area contributed by atoms with E-state index in [1.54, 1.807) is 16.8 Å². The van der Waals surface area contributed by atoms with E-state index in [9.17, 15) is 9.59 Å². The van der Waals surface area contributed by atoms with Crippen molar-refractivity contribution in [2.45, 2.75) is 32.2 Å². The number of rotatable bonds is 9. The number of hydrogen-bond donors (Lipinski definition) is 2. The van der Waals surface area contributed by atoms with Crippen LogP contribution in [0.1, 0.15) is 45.5 Å². The van der Waals surface area contributed by atoms with E-state index >= 15 is 0 Å². The number of nitrogens with zero attached hydrogens (tertiary/aromatic N) is 4. The number of likely N-dealkylation sites (N-methyl/N-ethyl adjacent to an activating group) is 1. The zero-order chi connectivity index (χ0) is 25.9. The summed E-state index contributed by atoms with van der Waals surface area (Å²) in [5.41, 5.74) is 8.96. The molecule has 3 aliphatic rings. The molecule has 2 aromatic rings. The monoisotopic (exact) mass is 504 g/mol. The summed E-state index contributed by atoms with van der Waals surface area (Å²) < 4.78 is 7.54. The Morgan fingerprint density at radius 2 is 1.97 bits per heavy atom. The number of amides is 1. The highest BCUT2D eigenvalue weighted by Gasteiger charge is 2.27. The molecule has 1 saturated carbocycles. The number of allylic oxidation sites excluding steroid dienone is 3. The van der Waals surface area contributed by atoms with Crippen LogP contribution in [-0.2, 0) is 4.74 Å². The quantitative estimate of drug-likeness (QED) is 0.506. The van der Waals surface area contributed by atoms with Crippen molar-refractivity contribution >= 4 is 17.5 Å². The van der Waals surface area contributed by atoms with Gasteiger partial charge in [0, 0.05) is 50.2 Å². The Labute approximate surface area is 217 Å². The molecule has 1 saturated heterocycles. The van der Waals surface area contributed by atoms with Crippen molar-refractivity contribution in [3.8, 4) is 5.69 Å². The minimum absolute atomic E-state index is 0.0893. The molecule has 0 spiro atoms. The molecular weight excluding hydrogens is 468 g/mol. The molecule has 5 rings (SSSR count). The van der Waals surface area contributed by atoms with Gasteiger partial charge in [-0.2, -0.15) is 5.10 Å². The lowest BCUT2D eigenvalue weighted by atomic mass is 9.92. The Bertz CT molecular complexity index is 1220. The maximum absolute atomic E-state index is 13.4. The fraction of sp³-hybridized carbons (Fsp3) is 0.464. The predicted octanol–water partition coefficient (Wildman–Crippen LogP) is 2.56. The number of piperazine rings is 1. The Morgan fingerprint density at radius 3 is 2.73 bits per heavy atom. The van der Waals surface area contributed by atoms with Crippen molar-refractivity contribution in [3.63, 3.8) is 0 Å². The van der Waals surface area contributed by atoms with Crippen molar-refractivity contribution in [2.75, 3.05) is 52.1 Å². The summed E-state index contributed by atoms with van der Waals surface area (Å²) in [5, 5.41) is 7.43. The highest BCUT2D eigenvalue weighted by Crippen LogP contribution is 2.27. The van der Waals surface area contributed by atoms with Crippen molar-refractivity contribution in [3.05, 3.63) is 65.1 Å². The molecular formula is C28H36N6O3. The van der Waals surface area contributed by atoms with E-state index in [0.717, 1.165) is 56.9 Å². The van der Waals surface area contributed by atoms with Gasteiger partial charge in [-0.15, -0.1) is 0 Å². The number of aryl methyl sites for hydroxylation is 1. The van der Waals surface area contributed by atoms with Gasteiger partial charge in [-0.1, -0.05) is 12.1 Å². The van der Waals surface area contributed by atoms with Crippen LogP contribution in [0.15, 0.2) is 48.4 Å². The lowest BCUT2D eigenvalue weighted by Gasteiger charge is -2.32. The summed E-state index contributed by atoms with van der Waals surface area (Å²) in [6.07, 6.45) is 9.95. The minimum Gasteiger partial charge on any atom is -0.493 e. The molecule has 2 heterocycles. The maximum Gasteiger partial charge on any atom is 0.251 e. The zero-order valence-corrected chi connectivity index (χ0v) is 21.7. The zero-order valence-electron chi connectivity index (χ0n) is 21.7. The molecule has 0 radical (unpaired) electrons. The predicted molar refractivity (Wildman–Crippen MR) is 143 cm³/mol. The van der Waals surface area contributed by atoms with Crippen LogP contribution in [0.4, 0.5) is 5.82 Å². The molecule has 2 fully saturated rings. The molecule has 196 valence electrons. The first-order chi connectivity index (χ1) is 17.9. The third-order valence-electron chi connectivity index (χ3n) is 7.33. The van der Waals surface area contributed by atoms with Gasteiger partial charge >= 0.3 is 0 Å². The number of nitrogens with one attached hydrogen (secondary N) is 1. The van der Waals surface area contributed by atoms with E-state index in [0.29, 0.717) is 29.8 Å². The van der Waals surface area contributed by atoms with Gasteiger partial charge in [0.1, 0.15) is 18.2 Å². The average Bonchev–Trinajstić information content (AvgIpc) is 3.64. The standard InChI is InChI=1S/C28H36N6O3/c1-19-6-7-21(28(36)31-22-8-9-22)17-25(19)34-27(29)24(18-30-34)26(35)20-4-3-5-23(16-20)37-15-14-33-12-10-32(2)11-13-33/h3,5-7,16-18,20,22H,4,8-15,29H2,1-2H3,(H,31,36). The fourth-order valence-corrected chi connectivity index (χ4v) is 4.71. The van der Waals surface area contributed by atoms with E-state index in [-0.39, 0.29) is 29.5 Å². The molecule has 1 aromatic carbocycles. The van der Waals surface area contributed by atoms with Crippen LogP contribution in [0, 0.1) is 12.8 Å². The van der Waals surface area contributed by atoms with E-state index in [1.165, 1.54) is 6.20 Å². The van der Waals surface area contributed by atoms with E-state index in [4.69, 9.17) is 10.5 Å². The molecule has 1 unspecified atom stereocenters. The van der Waals surface area contributed by atoms with Crippen LogP contribution in [0.25, 0.3) is 5.69 Å². The first kappa shape index (κ1) is 25.2. The maximum atomic E-state index is 13.4. The summed E-state index contributed by atoms with van der Waals surface area (Å²) in [5.74, 6) is 0.433. The number of benzene rings is 1. The number of ketones is 1. The van der Waals surface area contributed by atoms with E-state index in [1.807, 2.05) is 31.2 Å². The van der Waals surface area contributed by atoms with E-state index < -0.39 is 0 Å². The Kier molecular flexibility index (Phi) is 7.43. The van der Waals surface area contributed by atoms with Gasteiger partial charge < -0.3 is 20.7 Å². The van der Waals surface area contributed by atoms with Crippen LogP contribution in [-0.4, -0.2) is 83.7 Å². The fourth-order valence-electron chi connectivity index (χ4n) is 4.71. The first-order valence-electron chi connectivity index (χ1n) is 13.1. The smallest absolute Gasteiger partial charge is 0.251 e. The lowest BCUT2D eigenvalue weighted by molar-refractivity contribution is 0.0933. The summed E-state index contributed by atoms with van der Waals surface area (Å²) in [6.45, 7) is 7.64. The van der Waals surface area contributed by atoms with Gasteiger partial charge in [-0.3, -0.25) is 14.5 Å². The molecule has 9 nitrogen and oxygen atoms in total. The highest BCUT2D eigenvalue weighted by atomic mass is 16.5. The summed E-state index contributed by atoms with van der Waals surface area (Å²) >= 11 is 0. The summed E-state index contributed by atoms with van der Waals surface area (Å²) in [6, 6.07) is 5.72. The molecule has 1 aliphatic heterocycles. The second-order valence-electron chi connectivity index (χ2n) is 10.3. The molecule has 0 bridgehead atoms. The van der Waals surface area contributed by atoms with Crippen LogP contribution in [0.3, 0.4) is 0 Å². The number of carbonyl (C=O) groups excluding carboxylic acids is 2. The largest absolute Gasteiger partial charge is 0.493 e. The van der Waals surface area contributed by atoms with Crippen molar-refractivity contribution in [2.24, 2.45) is 5.92 Å². The normalized spacial score (nSPS) is 20.5. The molecule has 37 heavy (non-hydrogen) atoms. The first-order valence-corrected chi connectivity index (χ1v) is 13.1. The van der Waals surface area contributed by atoms with Gasteiger partial charge in [0.15, 0.2) is 5.78 Å². The summed E-state index contributed by atoms with van der Waals surface area (Å²) in [4.78, 5) is 30.7. The Morgan fingerprint density at radius 1 is 1.19 bits per heavy atom. The van der Waals surface area contributed by atoms with Gasteiger partial charge in [0.05, 0.1) is 17.4 Å². The lowest BCUT2D eigenvalue weighted by Crippen LogP contribution is -2.45. The number of aromatic nitrogens is 2. The number of anilines is 1. The van der Waals surface area contributed by atoms with Crippen LogP contribution in [0.2, 0.25) is 0 Å². The molecule has 1 aromatic heterocycles. The molecule has 1 atom stereocenters. The van der Waals surface area contributed by atoms with E-state index in [2.05, 4.69) is 27.3 Å². The van der Waals surface area contributed by atoms with Crippen molar-refractivity contribution < 1.29 is 14.3 Å². The number of nitrogen functional groups attached to an aromatic ring is 1. The molecule has 1 amide bonds. The average molecular weight is 505 g/mol. The molecule has 9 heteroatoms. The second-order valence-corrected chi connectivity index (χ2v) is 10.3. The molecule has 2 aliphatic carbocycles. The Hall–Kier alpha value is -3.43. The van der Waals surface area contributed by atoms with Crippen molar-refractivity contribution in [1.82, 2.24) is 24.9 Å². The Balaban J connectivity index is 1.25. The van der Waals surface area contributed by atoms with Crippen LogP contribution < -0.4 is 11.1 Å². The van der Waals surface area contributed by atoms with Gasteiger partial charge in [-0.05, 0) is 63.1 Å².